The minimum Gasteiger partial charge on any atom is -0.478 e. The molecule has 5 aromatic rings. The van der Waals surface area contributed by atoms with Crippen molar-refractivity contribution < 1.29 is 9.90 Å². The molecule has 4 heterocycles. The van der Waals surface area contributed by atoms with Gasteiger partial charge in [-0.15, -0.1) is 11.3 Å². The third kappa shape index (κ3) is 3.36. The number of aromatic carboxylic acids is 1. The number of carbonyl (C=O) groups is 1. The number of nitrogens with zero attached hydrogens (tertiary/aromatic N) is 4. The van der Waals surface area contributed by atoms with Crippen LogP contribution in [0, 0.1) is 0 Å². The number of hydrogen-bond donors (Lipinski definition) is 1. The van der Waals surface area contributed by atoms with E-state index in [-0.39, 0.29) is 11.1 Å². The fourth-order valence-electron chi connectivity index (χ4n) is 4.29. The van der Waals surface area contributed by atoms with Gasteiger partial charge in [-0.25, -0.2) is 14.5 Å². The largest absolute Gasteiger partial charge is 0.478 e. The Morgan fingerprint density at radius 3 is 2.71 bits per heavy atom. The first-order valence-corrected chi connectivity index (χ1v) is 11.6. The summed E-state index contributed by atoms with van der Waals surface area (Å²) in [5, 5.41) is 16.6. The minimum atomic E-state index is -1.05. The summed E-state index contributed by atoms with van der Waals surface area (Å²) in [7, 11) is 0. The average Bonchev–Trinajstić information content (AvgIpc) is 3.60. The van der Waals surface area contributed by atoms with Gasteiger partial charge in [0.15, 0.2) is 0 Å². The molecule has 0 radical (unpaired) electrons. The van der Waals surface area contributed by atoms with Crippen molar-refractivity contribution in [1.82, 2.24) is 19.3 Å². The van der Waals surface area contributed by atoms with Gasteiger partial charge in [0.25, 0.3) is 5.56 Å². The number of benzene rings is 2. The van der Waals surface area contributed by atoms with Crippen LogP contribution in [0.5, 0.6) is 0 Å². The van der Waals surface area contributed by atoms with E-state index < -0.39 is 5.97 Å². The lowest BCUT2D eigenvalue weighted by Gasteiger charge is -2.06. The van der Waals surface area contributed by atoms with Gasteiger partial charge in [-0.2, -0.15) is 5.10 Å². The molecule has 0 saturated heterocycles. The Bertz CT molecular complexity index is 1650. The number of allylic oxidation sites excluding steroid dienone is 1. The standard InChI is InChI=1S/C26H18N4O3S/c31-25-20-9-8-17(26(32)33)14-21(20)27-24-16(10-11-29(24)25)13-18-15-30(19-5-2-1-3-6-19)28-23(18)22-7-4-12-34-22/h1-9,12-15H,10-11H2,(H,32,33)/b16-13+. The Labute approximate surface area is 197 Å². The molecule has 1 aliphatic rings. The fraction of sp³-hybridized carbons (Fsp3) is 0.0769. The van der Waals surface area contributed by atoms with E-state index in [1.807, 2.05) is 64.8 Å². The SMILES string of the molecule is O=C(O)c1ccc2c(=O)n3c(nc2c1)/C(=C/c1cn(-c2ccccc2)nc1-c1cccs1)CC3. The lowest BCUT2D eigenvalue weighted by atomic mass is 10.1. The van der Waals surface area contributed by atoms with Crippen molar-refractivity contribution in [2.45, 2.75) is 13.0 Å². The van der Waals surface area contributed by atoms with Gasteiger partial charge in [0.2, 0.25) is 0 Å². The highest BCUT2D eigenvalue weighted by atomic mass is 32.1. The summed E-state index contributed by atoms with van der Waals surface area (Å²) in [6.07, 6.45) is 4.69. The number of carboxylic acids is 1. The predicted octanol–water partition coefficient (Wildman–Crippen LogP) is 4.95. The quantitative estimate of drug-likeness (QED) is 0.405. The highest BCUT2D eigenvalue weighted by Crippen LogP contribution is 2.33. The van der Waals surface area contributed by atoms with E-state index in [0.29, 0.717) is 29.7 Å². The molecule has 7 nitrogen and oxygen atoms in total. The molecule has 0 atom stereocenters. The molecule has 0 unspecified atom stereocenters. The van der Waals surface area contributed by atoms with Crippen LogP contribution in [0.3, 0.4) is 0 Å². The second-order valence-electron chi connectivity index (χ2n) is 8.04. The Kier molecular flexibility index (Phi) is 4.74. The first-order chi connectivity index (χ1) is 16.6. The number of para-hydroxylation sites is 1. The summed E-state index contributed by atoms with van der Waals surface area (Å²) in [6, 6.07) is 18.4. The van der Waals surface area contributed by atoms with Gasteiger partial charge in [0.1, 0.15) is 11.5 Å². The van der Waals surface area contributed by atoms with Crippen LogP contribution in [0.2, 0.25) is 0 Å². The van der Waals surface area contributed by atoms with Gasteiger partial charge in [-0.05, 0) is 59.8 Å². The number of fused-ring (bicyclic) bond motifs is 2. The van der Waals surface area contributed by atoms with Crippen molar-refractivity contribution in [3.05, 3.63) is 99.5 Å². The maximum Gasteiger partial charge on any atom is 0.335 e. The van der Waals surface area contributed by atoms with Crippen LogP contribution in [0.4, 0.5) is 0 Å². The minimum absolute atomic E-state index is 0.108. The molecule has 166 valence electrons. The van der Waals surface area contributed by atoms with Crippen LogP contribution in [0.1, 0.15) is 28.2 Å². The molecular weight excluding hydrogens is 448 g/mol. The Hall–Kier alpha value is -4.30. The number of aromatic nitrogens is 4. The summed E-state index contributed by atoms with van der Waals surface area (Å²) in [5.74, 6) is -0.474. The Balaban J connectivity index is 1.51. The van der Waals surface area contributed by atoms with Crippen molar-refractivity contribution >= 4 is 39.9 Å². The van der Waals surface area contributed by atoms with E-state index in [2.05, 4.69) is 0 Å². The zero-order chi connectivity index (χ0) is 23.2. The molecule has 0 bridgehead atoms. The van der Waals surface area contributed by atoms with E-state index in [9.17, 15) is 14.7 Å². The van der Waals surface area contributed by atoms with Gasteiger partial charge in [0, 0.05) is 18.3 Å². The van der Waals surface area contributed by atoms with E-state index in [4.69, 9.17) is 10.1 Å². The molecule has 1 aliphatic heterocycles. The molecule has 6 rings (SSSR count). The third-order valence-corrected chi connectivity index (χ3v) is 6.82. The van der Waals surface area contributed by atoms with Gasteiger partial charge in [-0.3, -0.25) is 9.36 Å². The van der Waals surface area contributed by atoms with Gasteiger partial charge < -0.3 is 5.11 Å². The summed E-state index contributed by atoms with van der Waals surface area (Å²) >= 11 is 1.62. The third-order valence-electron chi connectivity index (χ3n) is 5.94. The maximum atomic E-state index is 13.1. The molecule has 0 spiro atoms. The molecule has 0 aliphatic carbocycles. The molecule has 0 fully saturated rings. The van der Waals surface area contributed by atoms with Crippen molar-refractivity contribution in [1.29, 1.82) is 0 Å². The topological polar surface area (TPSA) is 90.0 Å². The van der Waals surface area contributed by atoms with Gasteiger partial charge >= 0.3 is 5.97 Å². The van der Waals surface area contributed by atoms with Crippen molar-refractivity contribution in [3.63, 3.8) is 0 Å². The van der Waals surface area contributed by atoms with Crippen LogP contribution < -0.4 is 5.56 Å². The zero-order valence-corrected chi connectivity index (χ0v) is 18.7. The second kappa shape index (κ2) is 7.93. The summed E-state index contributed by atoms with van der Waals surface area (Å²) < 4.78 is 3.53. The molecule has 8 heteroatoms. The fourth-order valence-corrected chi connectivity index (χ4v) is 5.02. The molecule has 3 aromatic heterocycles. The molecular formula is C26H18N4O3S. The first kappa shape index (κ1) is 20.3. The van der Waals surface area contributed by atoms with E-state index in [1.165, 1.54) is 12.1 Å². The highest BCUT2D eigenvalue weighted by molar-refractivity contribution is 7.13. The van der Waals surface area contributed by atoms with Crippen LogP contribution in [-0.2, 0) is 6.54 Å². The van der Waals surface area contributed by atoms with Crippen LogP contribution >= 0.6 is 11.3 Å². The van der Waals surface area contributed by atoms with Crippen molar-refractivity contribution in [2.24, 2.45) is 0 Å². The normalized spacial score (nSPS) is 14.1. The number of thiophene rings is 1. The first-order valence-electron chi connectivity index (χ1n) is 10.8. The summed E-state index contributed by atoms with van der Waals surface area (Å²) in [4.78, 5) is 30.2. The molecule has 1 N–H and O–H groups in total. The predicted molar refractivity (Wildman–Crippen MR) is 132 cm³/mol. The Morgan fingerprint density at radius 1 is 1.09 bits per heavy atom. The van der Waals surface area contributed by atoms with Gasteiger partial charge in [0.05, 0.1) is 27.0 Å². The maximum absolute atomic E-state index is 13.1. The lowest BCUT2D eigenvalue weighted by Crippen LogP contribution is -2.21. The zero-order valence-electron chi connectivity index (χ0n) is 17.9. The Morgan fingerprint density at radius 2 is 1.94 bits per heavy atom. The smallest absolute Gasteiger partial charge is 0.335 e. The molecule has 34 heavy (non-hydrogen) atoms. The number of carboxylic acid groups (broad SMARTS) is 1. The number of rotatable bonds is 4. The van der Waals surface area contributed by atoms with Crippen molar-refractivity contribution in [3.8, 4) is 16.3 Å². The van der Waals surface area contributed by atoms with E-state index >= 15 is 0 Å². The van der Waals surface area contributed by atoms with Crippen LogP contribution in [-0.4, -0.2) is 30.4 Å². The van der Waals surface area contributed by atoms with Crippen LogP contribution in [0.15, 0.2) is 77.0 Å². The molecule has 2 aromatic carbocycles. The second-order valence-corrected chi connectivity index (χ2v) is 8.99. The molecule has 0 saturated carbocycles. The molecule has 0 amide bonds. The van der Waals surface area contributed by atoms with E-state index in [0.717, 1.165) is 27.4 Å². The van der Waals surface area contributed by atoms with Crippen molar-refractivity contribution in [2.75, 3.05) is 0 Å². The number of hydrogen-bond acceptors (Lipinski definition) is 5. The highest BCUT2D eigenvalue weighted by Gasteiger charge is 2.23. The van der Waals surface area contributed by atoms with Gasteiger partial charge in [-0.1, -0.05) is 24.3 Å². The lowest BCUT2D eigenvalue weighted by molar-refractivity contribution is 0.0697. The monoisotopic (exact) mass is 466 g/mol. The van der Waals surface area contributed by atoms with Crippen LogP contribution in [0.25, 0.3) is 38.8 Å². The summed E-state index contributed by atoms with van der Waals surface area (Å²) in [6.45, 7) is 0.533. The summed E-state index contributed by atoms with van der Waals surface area (Å²) in [5.41, 5.74) is 4.02. The average molecular weight is 467 g/mol. The van der Waals surface area contributed by atoms with E-state index in [1.54, 1.807) is 22.0 Å².